The van der Waals surface area contributed by atoms with Gasteiger partial charge in [-0.2, -0.15) is 0 Å². The van der Waals surface area contributed by atoms with Crippen molar-refractivity contribution in [3.8, 4) is 11.1 Å². The molecule has 3 nitrogen and oxygen atoms in total. The fourth-order valence-corrected chi connectivity index (χ4v) is 2.85. The van der Waals surface area contributed by atoms with Crippen LogP contribution in [0.5, 0.6) is 0 Å². The molecule has 3 heteroatoms. The highest BCUT2D eigenvalue weighted by atomic mass is 16.4. The molecular formula is C20H13NO2. The number of hydrogen-bond donors (Lipinski definition) is 1. The van der Waals surface area contributed by atoms with E-state index in [1.165, 1.54) is 0 Å². The van der Waals surface area contributed by atoms with Crippen molar-refractivity contribution in [1.82, 2.24) is 4.98 Å². The summed E-state index contributed by atoms with van der Waals surface area (Å²) in [5.41, 5.74) is 3.82. The summed E-state index contributed by atoms with van der Waals surface area (Å²) in [6.07, 6.45) is 0. The number of pyridine rings is 1. The van der Waals surface area contributed by atoms with Crippen LogP contribution in [0, 0.1) is 0 Å². The molecule has 1 heterocycles. The molecule has 3 aromatic carbocycles. The highest BCUT2D eigenvalue weighted by Crippen LogP contribution is 2.27. The van der Waals surface area contributed by atoms with Gasteiger partial charge in [-0.25, -0.2) is 9.78 Å². The van der Waals surface area contributed by atoms with E-state index in [1.54, 1.807) is 12.1 Å². The lowest BCUT2D eigenvalue weighted by Gasteiger charge is -2.07. The lowest BCUT2D eigenvalue weighted by atomic mass is 10.0. The maximum Gasteiger partial charge on any atom is 0.337 e. The van der Waals surface area contributed by atoms with Crippen molar-refractivity contribution in [2.45, 2.75) is 0 Å². The molecule has 0 unspecified atom stereocenters. The third kappa shape index (κ3) is 2.32. The maximum absolute atomic E-state index is 11.4. The van der Waals surface area contributed by atoms with Crippen molar-refractivity contribution in [3.05, 3.63) is 78.4 Å². The normalized spacial score (nSPS) is 11.0. The zero-order chi connectivity index (χ0) is 15.8. The van der Waals surface area contributed by atoms with Crippen LogP contribution in [0.3, 0.4) is 0 Å². The summed E-state index contributed by atoms with van der Waals surface area (Å²) < 4.78 is 0. The highest BCUT2D eigenvalue weighted by Gasteiger charge is 2.10. The molecule has 1 N–H and O–H groups in total. The molecule has 0 aliphatic heterocycles. The number of rotatable bonds is 2. The number of aromatic nitrogens is 1. The second-order valence-corrected chi connectivity index (χ2v) is 5.44. The Kier molecular flexibility index (Phi) is 3.05. The summed E-state index contributed by atoms with van der Waals surface area (Å²) in [4.78, 5) is 15.9. The van der Waals surface area contributed by atoms with E-state index in [0.717, 1.165) is 27.4 Å². The van der Waals surface area contributed by atoms with E-state index in [-0.39, 0.29) is 5.56 Å². The average molecular weight is 299 g/mol. The number of para-hydroxylation sites is 1. The van der Waals surface area contributed by atoms with Crippen molar-refractivity contribution in [2.75, 3.05) is 0 Å². The summed E-state index contributed by atoms with van der Waals surface area (Å²) in [7, 11) is 0. The van der Waals surface area contributed by atoms with E-state index in [2.05, 4.69) is 23.2 Å². The first kappa shape index (κ1) is 13.5. The van der Waals surface area contributed by atoms with Crippen molar-refractivity contribution < 1.29 is 9.90 Å². The van der Waals surface area contributed by atoms with Crippen LogP contribution in [0.4, 0.5) is 0 Å². The van der Waals surface area contributed by atoms with Gasteiger partial charge in [-0.1, -0.05) is 48.5 Å². The standard InChI is InChI=1S/C20H13NO2/c22-20(23)17-8-4-7-15-12-16-11-14(13-5-2-1-3-6-13)9-10-18(16)21-19(15)17/h1-12H,(H,22,23). The van der Waals surface area contributed by atoms with E-state index in [1.807, 2.05) is 42.5 Å². The Morgan fingerprint density at radius 2 is 1.61 bits per heavy atom. The fraction of sp³-hybridized carbons (Fsp3) is 0. The monoisotopic (exact) mass is 299 g/mol. The average Bonchev–Trinajstić information content (AvgIpc) is 2.59. The number of fused-ring (bicyclic) bond motifs is 2. The van der Waals surface area contributed by atoms with E-state index < -0.39 is 5.97 Å². The first-order valence-electron chi connectivity index (χ1n) is 7.35. The Balaban J connectivity index is 1.97. The first-order chi connectivity index (χ1) is 11.2. The van der Waals surface area contributed by atoms with Gasteiger partial charge in [-0.3, -0.25) is 0 Å². The van der Waals surface area contributed by atoms with Gasteiger partial charge >= 0.3 is 5.97 Å². The van der Waals surface area contributed by atoms with Gasteiger partial charge in [0.2, 0.25) is 0 Å². The van der Waals surface area contributed by atoms with E-state index >= 15 is 0 Å². The van der Waals surface area contributed by atoms with E-state index in [4.69, 9.17) is 0 Å². The SMILES string of the molecule is O=C(O)c1cccc2cc3cc(-c4ccccc4)ccc3nc12. The molecule has 0 spiro atoms. The van der Waals surface area contributed by atoms with Gasteiger partial charge in [0.15, 0.2) is 0 Å². The molecule has 0 fully saturated rings. The highest BCUT2D eigenvalue weighted by molar-refractivity contribution is 6.05. The second-order valence-electron chi connectivity index (χ2n) is 5.44. The minimum absolute atomic E-state index is 0.233. The largest absolute Gasteiger partial charge is 0.478 e. The number of hydrogen-bond acceptors (Lipinski definition) is 2. The minimum atomic E-state index is -0.955. The second kappa shape index (κ2) is 5.21. The molecule has 0 aliphatic rings. The summed E-state index contributed by atoms with van der Waals surface area (Å²) in [5, 5.41) is 11.1. The van der Waals surface area contributed by atoms with Crippen molar-refractivity contribution in [3.63, 3.8) is 0 Å². The van der Waals surface area contributed by atoms with Crippen LogP contribution in [0.25, 0.3) is 32.9 Å². The van der Waals surface area contributed by atoms with Crippen molar-refractivity contribution >= 4 is 27.8 Å². The molecule has 0 aliphatic carbocycles. The molecule has 23 heavy (non-hydrogen) atoms. The van der Waals surface area contributed by atoms with Crippen LogP contribution in [0.2, 0.25) is 0 Å². The number of aromatic carboxylic acids is 1. The number of carboxylic acid groups (broad SMARTS) is 1. The Labute approximate surface area is 132 Å². The third-order valence-corrected chi connectivity index (χ3v) is 3.98. The Morgan fingerprint density at radius 3 is 2.39 bits per heavy atom. The zero-order valence-corrected chi connectivity index (χ0v) is 12.2. The van der Waals surface area contributed by atoms with Crippen LogP contribution in [0.15, 0.2) is 72.8 Å². The van der Waals surface area contributed by atoms with Gasteiger partial charge in [0.05, 0.1) is 16.6 Å². The minimum Gasteiger partial charge on any atom is -0.478 e. The van der Waals surface area contributed by atoms with Gasteiger partial charge < -0.3 is 5.11 Å². The Morgan fingerprint density at radius 1 is 0.783 bits per heavy atom. The number of benzene rings is 3. The van der Waals surface area contributed by atoms with Crippen molar-refractivity contribution in [2.24, 2.45) is 0 Å². The van der Waals surface area contributed by atoms with Crippen LogP contribution >= 0.6 is 0 Å². The van der Waals surface area contributed by atoms with Gasteiger partial charge in [0, 0.05) is 10.8 Å². The van der Waals surface area contributed by atoms with Crippen molar-refractivity contribution in [1.29, 1.82) is 0 Å². The smallest absolute Gasteiger partial charge is 0.337 e. The van der Waals surface area contributed by atoms with E-state index in [0.29, 0.717) is 5.52 Å². The summed E-state index contributed by atoms with van der Waals surface area (Å²) in [6.45, 7) is 0. The Hall–Kier alpha value is -3.20. The lowest BCUT2D eigenvalue weighted by Crippen LogP contribution is -1.98. The molecule has 0 bridgehead atoms. The molecule has 0 atom stereocenters. The van der Waals surface area contributed by atoms with Gasteiger partial charge in [-0.15, -0.1) is 0 Å². The predicted molar refractivity (Wildman–Crippen MR) is 91.6 cm³/mol. The topological polar surface area (TPSA) is 50.2 Å². The van der Waals surface area contributed by atoms with Gasteiger partial charge in [-0.05, 0) is 35.4 Å². The Bertz CT molecular complexity index is 1040. The maximum atomic E-state index is 11.4. The third-order valence-electron chi connectivity index (χ3n) is 3.98. The molecule has 0 radical (unpaired) electrons. The number of carboxylic acids is 1. The molecule has 4 aromatic rings. The quantitative estimate of drug-likeness (QED) is 0.543. The molecular weight excluding hydrogens is 286 g/mol. The molecule has 0 saturated carbocycles. The number of carbonyl (C=O) groups is 1. The zero-order valence-electron chi connectivity index (χ0n) is 12.2. The van der Waals surface area contributed by atoms with Crippen LogP contribution in [-0.2, 0) is 0 Å². The summed E-state index contributed by atoms with van der Waals surface area (Å²) >= 11 is 0. The molecule has 0 saturated heterocycles. The van der Waals surface area contributed by atoms with Crippen LogP contribution in [-0.4, -0.2) is 16.1 Å². The van der Waals surface area contributed by atoms with Crippen LogP contribution < -0.4 is 0 Å². The molecule has 110 valence electrons. The molecule has 4 rings (SSSR count). The first-order valence-corrected chi connectivity index (χ1v) is 7.35. The van der Waals surface area contributed by atoms with Gasteiger partial charge in [0.1, 0.15) is 0 Å². The van der Waals surface area contributed by atoms with Crippen LogP contribution in [0.1, 0.15) is 10.4 Å². The summed E-state index contributed by atoms with van der Waals surface area (Å²) in [6, 6.07) is 23.4. The predicted octanol–water partition coefficient (Wildman–Crippen LogP) is 4.75. The summed E-state index contributed by atoms with van der Waals surface area (Å²) in [5.74, 6) is -0.955. The lowest BCUT2D eigenvalue weighted by molar-refractivity contribution is 0.0699. The number of nitrogens with zero attached hydrogens (tertiary/aromatic N) is 1. The van der Waals surface area contributed by atoms with Gasteiger partial charge in [0.25, 0.3) is 0 Å². The fourth-order valence-electron chi connectivity index (χ4n) is 2.85. The molecule has 0 amide bonds. The van der Waals surface area contributed by atoms with E-state index in [9.17, 15) is 9.90 Å². The molecule has 1 aromatic heterocycles.